The quantitative estimate of drug-likeness (QED) is 0.180. The van der Waals surface area contributed by atoms with E-state index in [2.05, 4.69) is 115 Å². The largest absolute Gasteiger partial charge is 0.455 e. The first kappa shape index (κ1) is 31.5. The van der Waals surface area contributed by atoms with Gasteiger partial charge in [0, 0.05) is 32.5 Å². The van der Waals surface area contributed by atoms with Gasteiger partial charge in [-0.2, -0.15) is 0 Å². The Balaban J connectivity index is 1.03. The molecule has 1 spiro atoms. The Labute approximate surface area is 334 Å². The van der Waals surface area contributed by atoms with Crippen LogP contribution in [0.25, 0.3) is 99.9 Å². The van der Waals surface area contributed by atoms with Crippen molar-refractivity contribution in [1.82, 2.24) is 15.0 Å². The molecule has 4 fully saturated rings. The van der Waals surface area contributed by atoms with Gasteiger partial charge in [0.2, 0.25) is 0 Å². The van der Waals surface area contributed by atoms with E-state index < -0.39 is 0 Å². The van der Waals surface area contributed by atoms with E-state index in [-0.39, 0.29) is 5.41 Å². The molecule has 3 heterocycles. The molecular weight excluding hydrogens is 711 g/mol. The summed E-state index contributed by atoms with van der Waals surface area (Å²) >= 11 is 0. The highest BCUT2D eigenvalue weighted by atomic mass is 16.3. The van der Waals surface area contributed by atoms with E-state index in [4.69, 9.17) is 23.8 Å². The first-order chi connectivity index (χ1) is 28.7. The molecule has 5 aliphatic carbocycles. The smallest absolute Gasteiger partial charge is 0.167 e. The highest BCUT2D eigenvalue weighted by Crippen LogP contribution is 2.70. The third-order valence-electron chi connectivity index (χ3n) is 14.7. The monoisotopic (exact) mass is 747 g/mol. The third kappa shape index (κ3) is 4.08. The SMILES string of the molecule is c1ccc2c3c(ccc2c1)C1(c2cc(-c4nc(-c5cccc6c5oc5ccccc56)nc(-c5cccc6c5oc5ccccc56)n4)ccc2-3)C2CC3CC(C2)CC1C3. The summed E-state index contributed by atoms with van der Waals surface area (Å²) in [5.74, 6) is 4.82. The third-order valence-corrected chi connectivity index (χ3v) is 14.7. The number of furan rings is 2. The molecule has 4 saturated carbocycles. The molecule has 0 N–H and O–H groups in total. The maximum absolute atomic E-state index is 6.58. The Kier molecular flexibility index (Phi) is 6.13. The van der Waals surface area contributed by atoms with Gasteiger partial charge in [-0.3, -0.25) is 0 Å². The molecular formula is C53H37N3O2. The van der Waals surface area contributed by atoms with Crippen LogP contribution in [-0.4, -0.2) is 15.0 Å². The molecule has 0 unspecified atom stereocenters. The second-order valence-corrected chi connectivity index (χ2v) is 17.5. The summed E-state index contributed by atoms with van der Waals surface area (Å²) in [7, 11) is 0. The normalized spacial score (nSPS) is 22.9. The van der Waals surface area contributed by atoms with Crippen LogP contribution in [-0.2, 0) is 5.41 Å². The Bertz CT molecular complexity index is 3230. The maximum Gasteiger partial charge on any atom is 0.167 e. The Hall–Kier alpha value is -6.59. The first-order valence-electron chi connectivity index (χ1n) is 20.9. The minimum absolute atomic E-state index is 0.00342. The molecule has 0 amide bonds. The van der Waals surface area contributed by atoms with Crippen LogP contribution in [0.5, 0.6) is 0 Å². The summed E-state index contributed by atoms with van der Waals surface area (Å²) in [5.41, 5.74) is 11.8. The van der Waals surface area contributed by atoms with Crippen molar-refractivity contribution >= 4 is 54.6 Å². The molecule has 15 rings (SSSR count). The number of fused-ring (bicyclic) bond motifs is 11. The van der Waals surface area contributed by atoms with Crippen LogP contribution < -0.4 is 0 Å². The fraction of sp³-hybridized carbons (Fsp3) is 0.189. The number of aromatic nitrogens is 3. The molecule has 7 aromatic carbocycles. The lowest BCUT2D eigenvalue weighted by Crippen LogP contribution is -2.55. The van der Waals surface area contributed by atoms with Crippen molar-refractivity contribution in [1.29, 1.82) is 0 Å². The van der Waals surface area contributed by atoms with Crippen molar-refractivity contribution in [2.75, 3.05) is 0 Å². The second kappa shape index (κ2) is 11.3. The summed E-state index contributed by atoms with van der Waals surface area (Å²) < 4.78 is 13.2. The predicted octanol–water partition coefficient (Wildman–Crippen LogP) is 13.5. The maximum atomic E-state index is 6.58. The lowest BCUT2D eigenvalue weighted by atomic mass is 9.43. The van der Waals surface area contributed by atoms with E-state index in [1.807, 2.05) is 24.3 Å². The highest BCUT2D eigenvalue weighted by molar-refractivity contribution is 6.10. The molecule has 0 saturated heterocycles. The van der Waals surface area contributed by atoms with E-state index in [0.29, 0.717) is 29.3 Å². The van der Waals surface area contributed by atoms with Crippen LogP contribution in [0.1, 0.15) is 43.2 Å². The molecule has 3 aromatic heterocycles. The van der Waals surface area contributed by atoms with Crippen molar-refractivity contribution < 1.29 is 8.83 Å². The lowest BCUT2D eigenvalue weighted by molar-refractivity contribution is -0.0399. The van der Waals surface area contributed by atoms with Crippen LogP contribution in [0, 0.1) is 23.7 Å². The highest BCUT2D eigenvalue weighted by Gasteiger charge is 2.61. The van der Waals surface area contributed by atoms with Crippen molar-refractivity contribution in [2.24, 2.45) is 23.7 Å². The summed E-state index contributed by atoms with van der Waals surface area (Å²) in [5, 5.41) is 6.91. The standard InChI is InChI=1S/C53H37N3O2/c1-2-10-35-31(9-1)20-22-43-47(35)40-21-19-32(28-44(40)53(43)33-24-29-23-30(26-33)27-34(53)25-29)50-54-51(41-15-7-13-38-36-11-3-5-17-45(36)57-48(38)41)56-52(55-50)42-16-8-14-39-37-12-4-6-18-46(37)58-49(39)42/h1-22,28-30,33-34H,23-27H2. The molecule has 0 atom stereocenters. The molecule has 58 heavy (non-hydrogen) atoms. The van der Waals surface area contributed by atoms with E-state index in [9.17, 15) is 0 Å². The average Bonchev–Trinajstić information content (AvgIpc) is 3.93. The zero-order valence-corrected chi connectivity index (χ0v) is 31.8. The van der Waals surface area contributed by atoms with Crippen molar-refractivity contribution in [2.45, 2.75) is 37.5 Å². The number of para-hydroxylation sites is 4. The van der Waals surface area contributed by atoms with Crippen LogP contribution in [0.2, 0.25) is 0 Å². The molecule has 0 aliphatic heterocycles. The van der Waals surface area contributed by atoms with Crippen molar-refractivity contribution in [3.8, 4) is 45.3 Å². The lowest BCUT2D eigenvalue weighted by Gasteiger charge is -2.61. The van der Waals surface area contributed by atoms with Gasteiger partial charge in [-0.15, -0.1) is 0 Å². The molecule has 10 aromatic rings. The van der Waals surface area contributed by atoms with Gasteiger partial charge in [0.1, 0.15) is 22.3 Å². The number of benzene rings is 7. The van der Waals surface area contributed by atoms with E-state index in [1.54, 1.807) is 5.56 Å². The van der Waals surface area contributed by atoms with Crippen LogP contribution in [0.4, 0.5) is 0 Å². The van der Waals surface area contributed by atoms with E-state index >= 15 is 0 Å². The van der Waals surface area contributed by atoms with Crippen LogP contribution >= 0.6 is 0 Å². The van der Waals surface area contributed by atoms with Gasteiger partial charge in [-0.05, 0) is 119 Å². The van der Waals surface area contributed by atoms with Gasteiger partial charge in [0.05, 0.1) is 11.1 Å². The summed E-state index contributed by atoms with van der Waals surface area (Å²) in [6.45, 7) is 0. The van der Waals surface area contributed by atoms with E-state index in [0.717, 1.165) is 72.4 Å². The Morgan fingerprint density at radius 1 is 0.431 bits per heavy atom. The fourth-order valence-electron chi connectivity index (χ4n) is 12.7. The van der Waals surface area contributed by atoms with Gasteiger partial charge in [-0.25, -0.2) is 15.0 Å². The number of rotatable bonds is 3. The van der Waals surface area contributed by atoms with Gasteiger partial charge >= 0.3 is 0 Å². The summed E-state index contributed by atoms with van der Waals surface area (Å²) in [6.07, 6.45) is 6.73. The van der Waals surface area contributed by atoms with E-state index in [1.165, 1.54) is 59.6 Å². The van der Waals surface area contributed by atoms with Crippen LogP contribution in [0.15, 0.2) is 148 Å². The molecule has 5 nitrogen and oxygen atoms in total. The minimum Gasteiger partial charge on any atom is -0.455 e. The number of hydrogen-bond donors (Lipinski definition) is 0. The first-order valence-corrected chi connectivity index (χ1v) is 20.9. The Morgan fingerprint density at radius 2 is 0.983 bits per heavy atom. The molecule has 0 radical (unpaired) electrons. The average molecular weight is 748 g/mol. The number of nitrogens with zero attached hydrogens (tertiary/aromatic N) is 3. The fourth-order valence-corrected chi connectivity index (χ4v) is 12.7. The molecule has 4 bridgehead atoms. The van der Waals surface area contributed by atoms with Gasteiger partial charge < -0.3 is 8.83 Å². The van der Waals surface area contributed by atoms with Gasteiger partial charge in [-0.1, -0.05) is 109 Å². The van der Waals surface area contributed by atoms with Gasteiger partial charge in [0.15, 0.2) is 17.5 Å². The van der Waals surface area contributed by atoms with Crippen molar-refractivity contribution in [3.63, 3.8) is 0 Å². The summed E-state index contributed by atoms with van der Waals surface area (Å²) in [6, 6.07) is 50.0. The van der Waals surface area contributed by atoms with Gasteiger partial charge in [0.25, 0.3) is 0 Å². The van der Waals surface area contributed by atoms with Crippen molar-refractivity contribution in [3.05, 3.63) is 151 Å². The summed E-state index contributed by atoms with van der Waals surface area (Å²) in [4.78, 5) is 16.0. The van der Waals surface area contributed by atoms with Crippen LogP contribution in [0.3, 0.4) is 0 Å². The zero-order chi connectivity index (χ0) is 37.7. The minimum atomic E-state index is -0.00342. The molecule has 5 aliphatic rings. The number of hydrogen-bond acceptors (Lipinski definition) is 5. The topological polar surface area (TPSA) is 65.0 Å². The predicted molar refractivity (Wildman–Crippen MR) is 231 cm³/mol. The second-order valence-electron chi connectivity index (χ2n) is 17.5. The zero-order valence-electron chi connectivity index (χ0n) is 31.8. The molecule has 276 valence electrons. The Morgan fingerprint density at radius 3 is 1.62 bits per heavy atom. The molecule has 5 heteroatoms.